The molecule has 0 bridgehead atoms. The Kier molecular flexibility index (Phi) is 6.37. The molecular formula is C17H16ClF2N5O4S. The van der Waals surface area contributed by atoms with Gasteiger partial charge < -0.3 is 10.1 Å². The first-order valence-electron chi connectivity index (χ1n) is 8.49. The molecule has 0 fully saturated rings. The summed E-state index contributed by atoms with van der Waals surface area (Å²) >= 11 is 5.96. The van der Waals surface area contributed by atoms with E-state index >= 15 is 0 Å². The lowest BCUT2D eigenvalue weighted by molar-refractivity contribution is 0.102. The van der Waals surface area contributed by atoms with Crippen LogP contribution >= 0.6 is 11.6 Å². The van der Waals surface area contributed by atoms with Crippen molar-refractivity contribution in [2.75, 3.05) is 29.6 Å². The van der Waals surface area contributed by atoms with Gasteiger partial charge in [0.1, 0.15) is 0 Å². The number of nitrogens with one attached hydrogen (secondary N) is 3. The molecule has 0 atom stereocenters. The number of sulfonamides is 1. The van der Waals surface area contributed by atoms with Crippen LogP contribution in [0.15, 0.2) is 24.4 Å². The van der Waals surface area contributed by atoms with Crippen molar-refractivity contribution < 1.29 is 26.7 Å². The zero-order valence-electron chi connectivity index (χ0n) is 15.5. The van der Waals surface area contributed by atoms with Gasteiger partial charge in [0.25, 0.3) is 5.91 Å². The lowest BCUT2D eigenvalue weighted by Gasteiger charge is -2.13. The lowest BCUT2D eigenvalue weighted by atomic mass is 10.1. The molecule has 160 valence electrons. The van der Waals surface area contributed by atoms with Crippen LogP contribution in [0.2, 0.25) is 5.02 Å². The van der Waals surface area contributed by atoms with Crippen molar-refractivity contribution in [3.8, 4) is 5.88 Å². The summed E-state index contributed by atoms with van der Waals surface area (Å²) in [5.41, 5.74) is -0.426. The molecule has 0 saturated carbocycles. The first kappa shape index (κ1) is 21.7. The molecule has 1 aromatic carbocycles. The van der Waals surface area contributed by atoms with E-state index in [1.807, 2.05) is 4.72 Å². The average Bonchev–Trinajstić information content (AvgIpc) is 3.11. The number of pyridine rings is 1. The fourth-order valence-electron chi connectivity index (χ4n) is 2.60. The van der Waals surface area contributed by atoms with Crippen molar-refractivity contribution in [2.24, 2.45) is 0 Å². The molecule has 3 N–H and O–H groups in total. The third-order valence-electron chi connectivity index (χ3n) is 3.96. The molecule has 0 spiro atoms. The number of carbonyl (C=O) groups excluding carboxylic acids is 1. The van der Waals surface area contributed by atoms with E-state index in [1.54, 1.807) is 0 Å². The highest BCUT2D eigenvalue weighted by Gasteiger charge is 2.22. The van der Waals surface area contributed by atoms with Crippen LogP contribution in [0, 0.1) is 5.82 Å². The van der Waals surface area contributed by atoms with Crippen molar-refractivity contribution in [1.29, 1.82) is 0 Å². The molecule has 0 radical (unpaired) electrons. The zero-order valence-corrected chi connectivity index (χ0v) is 17.1. The van der Waals surface area contributed by atoms with Crippen LogP contribution in [0.5, 0.6) is 5.88 Å². The summed E-state index contributed by atoms with van der Waals surface area (Å²) in [6, 6.07) is 3.76. The molecule has 9 nitrogen and oxygen atoms in total. The number of carbonyl (C=O) groups is 1. The maximum Gasteiger partial charge on any atom is 0.260 e. The second-order valence-electron chi connectivity index (χ2n) is 6.05. The molecule has 2 aromatic heterocycles. The number of aromatic amines is 1. The standard InChI is InChI=1S/C17H16ClF2N5O4S/c1-29-17-10-7-9(8-21-15(10)23-24-17)22-16(26)13-11(18)3-4-12(14(13)20)25-30(27,28)6-2-5-19/h3-4,7-8,25H,2,5-6H2,1H3,(H,22,26)(H,21,23,24). The summed E-state index contributed by atoms with van der Waals surface area (Å²) in [4.78, 5) is 16.7. The van der Waals surface area contributed by atoms with Crippen LogP contribution in [-0.4, -0.2) is 49.0 Å². The zero-order chi connectivity index (χ0) is 21.9. The van der Waals surface area contributed by atoms with Gasteiger partial charge >= 0.3 is 0 Å². The normalized spacial score (nSPS) is 11.5. The van der Waals surface area contributed by atoms with Crippen molar-refractivity contribution in [1.82, 2.24) is 15.2 Å². The monoisotopic (exact) mass is 459 g/mol. The fraction of sp³-hybridized carbons (Fsp3) is 0.235. The Balaban J connectivity index is 1.88. The van der Waals surface area contributed by atoms with E-state index in [4.69, 9.17) is 16.3 Å². The summed E-state index contributed by atoms with van der Waals surface area (Å²) in [7, 11) is -2.59. The molecule has 13 heteroatoms. The summed E-state index contributed by atoms with van der Waals surface area (Å²) in [6.07, 6.45) is 1.07. The third kappa shape index (κ3) is 4.60. The minimum Gasteiger partial charge on any atom is -0.479 e. The number of alkyl halides is 1. The van der Waals surface area contributed by atoms with Gasteiger partial charge in [-0.1, -0.05) is 11.6 Å². The molecule has 30 heavy (non-hydrogen) atoms. The summed E-state index contributed by atoms with van der Waals surface area (Å²) in [5.74, 6) is -2.38. The van der Waals surface area contributed by atoms with Crippen LogP contribution in [0.3, 0.4) is 0 Å². The Morgan fingerprint density at radius 1 is 1.37 bits per heavy atom. The molecule has 1 amide bonds. The maximum atomic E-state index is 14.9. The molecule has 0 aliphatic heterocycles. The molecule has 2 heterocycles. The number of hydrogen-bond acceptors (Lipinski definition) is 6. The summed E-state index contributed by atoms with van der Waals surface area (Å²) in [5, 5.41) is 9.24. The quantitative estimate of drug-likeness (QED) is 0.475. The third-order valence-corrected chi connectivity index (χ3v) is 5.64. The molecule has 3 aromatic rings. The Hall–Kier alpha value is -2.99. The van der Waals surface area contributed by atoms with Gasteiger partial charge in [-0.2, -0.15) is 0 Å². The van der Waals surface area contributed by atoms with Crippen LogP contribution in [0.4, 0.5) is 20.2 Å². The van der Waals surface area contributed by atoms with Gasteiger partial charge in [-0.3, -0.25) is 19.0 Å². The Labute approximate surface area is 174 Å². The Bertz CT molecular complexity index is 1200. The van der Waals surface area contributed by atoms with E-state index in [1.165, 1.54) is 25.4 Å². The molecule has 0 unspecified atom stereocenters. The van der Waals surface area contributed by atoms with Gasteiger partial charge in [-0.05, 0) is 24.6 Å². The number of hydrogen-bond donors (Lipinski definition) is 3. The molecule has 0 saturated heterocycles. The number of rotatable bonds is 8. The number of halogens is 3. The van der Waals surface area contributed by atoms with Gasteiger partial charge in [0, 0.05) is 0 Å². The van der Waals surface area contributed by atoms with E-state index in [9.17, 15) is 22.0 Å². The average molecular weight is 460 g/mol. The van der Waals surface area contributed by atoms with Gasteiger partial charge in [0.15, 0.2) is 11.5 Å². The van der Waals surface area contributed by atoms with Crippen LogP contribution < -0.4 is 14.8 Å². The number of fused-ring (bicyclic) bond motifs is 1. The summed E-state index contributed by atoms with van der Waals surface area (Å²) < 4.78 is 58.0. The second-order valence-corrected chi connectivity index (χ2v) is 8.30. The van der Waals surface area contributed by atoms with Crippen molar-refractivity contribution in [3.63, 3.8) is 0 Å². The van der Waals surface area contributed by atoms with Crippen molar-refractivity contribution in [2.45, 2.75) is 6.42 Å². The van der Waals surface area contributed by atoms with Gasteiger partial charge in [0.2, 0.25) is 15.9 Å². The SMILES string of the molecule is COc1n[nH]c2ncc(NC(=O)c3c(Cl)ccc(NS(=O)(=O)CCCF)c3F)cc12. The van der Waals surface area contributed by atoms with Crippen LogP contribution in [0.1, 0.15) is 16.8 Å². The molecular weight excluding hydrogens is 444 g/mol. The van der Waals surface area contributed by atoms with Crippen LogP contribution in [0.25, 0.3) is 11.0 Å². The number of amides is 1. The predicted octanol–water partition coefficient (Wildman–Crippen LogP) is 3.11. The Morgan fingerprint density at radius 2 is 2.13 bits per heavy atom. The van der Waals surface area contributed by atoms with Crippen molar-refractivity contribution in [3.05, 3.63) is 40.8 Å². The smallest absolute Gasteiger partial charge is 0.260 e. The highest BCUT2D eigenvalue weighted by molar-refractivity contribution is 7.92. The maximum absolute atomic E-state index is 14.9. The first-order valence-corrected chi connectivity index (χ1v) is 10.5. The number of ether oxygens (including phenoxy) is 1. The number of anilines is 2. The van der Waals surface area contributed by atoms with Crippen LogP contribution in [-0.2, 0) is 10.0 Å². The van der Waals surface area contributed by atoms with E-state index < -0.39 is 45.4 Å². The number of aromatic nitrogens is 3. The predicted molar refractivity (Wildman–Crippen MR) is 108 cm³/mol. The number of benzene rings is 1. The minimum absolute atomic E-state index is 0.205. The van der Waals surface area contributed by atoms with E-state index in [-0.39, 0.29) is 23.0 Å². The highest BCUT2D eigenvalue weighted by atomic mass is 35.5. The van der Waals surface area contributed by atoms with E-state index in [0.29, 0.717) is 11.0 Å². The minimum atomic E-state index is -4.00. The number of H-pyrrole nitrogens is 1. The largest absolute Gasteiger partial charge is 0.479 e. The first-order chi connectivity index (χ1) is 14.3. The molecule has 0 aliphatic rings. The number of nitrogens with zero attached hydrogens (tertiary/aromatic N) is 2. The highest BCUT2D eigenvalue weighted by Crippen LogP contribution is 2.28. The fourth-order valence-corrected chi connectivity index (χ4v) is 3.92. The topological polar surface area (TPSA) is 126 Å². The number of methoxy groups -OCH3 is 1. The molecule has 0 aliphatic carbocycles. The van der Waals surface area contributed by atoms with Gasteiger partial charge in [0.05, 0.1) is 53.1 Å². The van der Waals surface area contributed by atoms with Crippen molar-refractivity contribution >= 4 is 49.9 Å². The van der Waals surface area contributed by atoms with E-state index in [0.717, 1.165) is 6.07 Å². The molecule has 3 rings (SSSR count). The van der Waals surface area contributed by atoms with Gasteiger partial charge in [-0.15, -0.1) is 5.10 Å². The Morgan fingerprint density at radius 3 is 2.83 bits per heavy atom. The lowest BCUT2D eigenvalue weighted by Crippen LogP contribution is -2.20. The second kappa shape index (κ2) is 8.79. The summed E-state index contributed by atoms with van der Waals surface area (Å²) in [6.45, 7) is -0.836. The van der Waals surface area contributed by atoms with E-state index in [2.05, 4.69) is 20.5 Å². The van der Waals surface area contributed by atoms with Gasteiger partial charge in [-0.25, -0.2) is 17.8 Å².